The van der Waals surface area contributed by atoms with Crippen LogP contribution in [0.1, 0.15) is 52.9 Å². The van der Waals surface area contributed by atoms with Crippen molar-refractivity contribution < 1.29 is 19.0 Å². The Hall–Kier alpha value is -3.05. The summed E-state index contributed by atoms with van der Waals surface area (Å²) >= 11 is 0. The van der Waals surface area contributed by atoms with Crippen molar-refractivity contribution in [2.24, 2.45) is 0 Å². The van der Waals surface area contributed by atoms with E-state index < -0.39 is 11.7 Å². The number of carbonyl (C=O) groups is 1. The molecule has 11 nitrogen and oxygen atoms in total. The Bertz CT molecular complexity index is 1150. The lowest BCUT2D eigenvalue weighted by Crippen LogP contribution is -2.37. The second-order valence-corrected chi connectivity index (χ2v) is 12.2. The van der Waals surface area contributed by atoms with E-state index in [0.29, 0.717) is 30.7 Å². The predicted molar refractivity (Wildman–Crippen MR) is 164 cm³/mol. The predicted octanol–water partition coefficient (Wildman–Crippen LogP) is 3.97. The van der Waals surface area contributed by atoms with Crippen LogP contribution in [-0.2, 0) is 4.74 Å². The zero-order chi connectivity index (χ0) is 29.4. The van der Waals surface area contributed by atoms with Crippen molar-refractivity contribution in [1.29, 1.82) is 0 Å². The first-order valence-corrected chi connectivity index (χ1v) is 15.0. The largest absolute Gasteiger partial charge is 0.493 e. The molecule has 3 heterocycles. The summed E-state index contributed by atoms with van der Waals surface area (Å²) < 4.78 is 17.2. The molecule has 2 saturated heterocycles. The van der Waals surface area contributed by atoms with Gasteiger partial charge < -0.3 is 39.5 Å². The van der Waals surface area contributed by atoms with Gasteiger partial charge in [0.1, 0.15) is 11.4 Å². The van der Waals surface area contributed by atoms with Gasteiger partial charge in [0.15, 0.2) is 11.5 Å². The Morgan fingerprint density at radius 1 is 0.976 bits per heavy atom. The number of nitrogens with zero attached hydrogens (tertiary/aromatic N) is 5. The highest BCUT2D eigenvalue weighted by Crippen LogP contribution is 2.36. The number of amides is 1. The Labute approximate surface area is 244 Å². The number of carbonyl (C=O) groups excluding carboxylic acids is 1. The minimum Gasteiger partial charge on any atom is -0.493 e. The molecule has 41 heavy (non-hydrogen) atoms. The van der Waals surface area contributed by atoms with Crippen LogP contribution in [-0.4, -0.2) is 111 Å². The molecular formula is C30H49N7O4. The third kappa shape index (κ3) is 9.22. The zero-order valence-corrected chi connectivity index (χ0v) is 25.8. The lowest BCUT2D eigenvalue weighted by atomic mass is 10.1. The number of rotatable bonds is 10. The number of aromatic nitrogens is 2. The SMILES string of the molecule is COc1cc2c(NC3CCN(C)CC3)nc(N3CCCN(C)CC3)nc2cc1OCCCCNC(=O)OC(C)(C)C. The van der Waals surface area contributed by atoms with E-state index >= 15 is 0 Å². The molecule has 2 aromatic rings. The van der Waals surface area contributed by atoms with Gasteiger partial charge in [0.25, 0.3) is 0 Å². The minimum atomic E-state index is -0.505. The quantitative estimate of drug-likeness (QED) is 0.407. The number of hydrogen-bond acceptors (Lipinski definition) is 10. The second-order valence-electron chi connectivity index (χ2n) is 12.2. The molecule has 0 bridgehead atoms. The first kappa shape index (κ1) is 30.9. The molecule has 2 aliphatic heterocycles. The zero-order valence-electron chi connectivity index (χ0n) is 25.8. The van der Waals surface area contributed by atoms with Crippen molar-refractivity contribution in [3.63, 3.8) is 0 Å². The Balaban J connectivity index is 1.49. The van der Waals surface area contributed by atoms with Crippen molar-refractivity contribution in [3.8, 4) is 11.5 Å². The van der Waals surface area contributed by atoms with Gasteiger partial charge in [0.05, 0.1) is 19.2 Å². The van der Waals surface area contributed by atoms with Crippen molar-refractivity contribution >= 4 is 28.8 Å². The summed E-state index contributed by atoms with van der Waals surface area (Å²) in [7, 11) is 6.00. The maximum absolute atomic E-state index is 11.9. The molecule has 0 atom stereocenters. The number of nitrogens with one attached hydrogen (secondary N) is 2. The maximum Gasteiger partial charge on any atom is 0.407 e. The number of methoxy groups -OCH3 is 1. The van der Waals surface area contributed by atoms with E-state index in [1.165, 1.54) is 0 Å². The summed E-state index contributed by atoms with van der Waals surface area (Å²) in [5.41, 5.74) is 0.334. The fourth-order valence-corrected chi connectivity index (χ4v) is 5.15. The van der Waals surface area contributed by atoms with E-state index in [1.54, 1.807) is 7.11 Å². The minimum absolute atomic E-state index is 0.364. The number of unbranched alkanes of at least 4 members (excludes halogenated alkanes) is 1. The van der Waals surface area contributed by atoms with Crippen LogP contribution in [0.25, 0.3) is 10.9 Å². The van der Waals surface area contributed by atoms with Crippen molar-refractivity contribution in [1.82, 2.24) is 25.1 Å². The highest BCUT2D eigenvalue weighted by molar-refractivity contribution is 5.93. The topological polar surface area (TPSA) is 104 Å². The second kappa shape index (κ2) is 14.2. The summed E-state index contributed by atoms with van der Waals surface area (Å²) in [5, 5.41) is 7.48. The number of ether oxygens (including phenoxy) is 3. The van der Waals surface area contributed by atoms with Crippen LogP contribution in [0.5, 0.6) is 11.5 Å². The maximum atomic E-state index is 11.9. The van der Waals surface area contributed by atoms with Crippen molar-refractivity contribution in [3.05, 3.63) is 12.1 Å². The molecule has 0 saturated carbocycles. The van der Waals surface area contributed by atoms with E-state index in [1.807, 2.05) is 32.9 Å². The average Bonchev–Trinajstić information content (AvgIpc) is 3.14. The summed E-state index contributed by atoms with van der Waals surface area (Å²) in [4.78, 5) is 29.0. The van der Waals surface area contributed by atoms with Crippen LogP contribution >= 0.6 is 0 Å². The Morgan fingerprint density at radius 2 is 1.73 bits per heavy atom. The molecule has 0 radical (unpaired) electrons. The molecule has 228 valence electrons. The summed E-state index contributed by atoms with van der Waals surface area (Å²) in [6, 6.07) is 4.33. The summed E-state index contributed by atoms with van der Waals surface area (Å²) in [6.07, 6.45) is 4.38. The van der Waals surface area contributed by atoms with Crippen LogP contribution < -0.4 is 25.0 Å². The molecule has 2 fully saturated rings. The lowest BCUT2D eigenvalue weighted by Gasteiger charge is -2.30. The Kier molecular flexibility index (Phi) is 10.7. The normalized spacial score (nSPS) is 17.8. The number of fused-ring (bicyclic) bond motifs is 1. The van der Waals surface area contributed by atoms with E-state index in [9.17, 15) is 4.79 Å². The average molecular weight is 572 g/mol. The first-order chi connectivity index (χ1) is 19.6. The molecule has 0 spiro atoms. The molecule has 4 rings (SSSR count). The van der Waals surface area contributed by atoms with Gasteiger partial charge in [-0.2, -0.15) is 4.98 Å². The molecule has 0 unspecified atom stereocenters. The number of likely N-dealkylation sites (N-methyl/N-ethyl adjacent to an activating group) is 1. The molecule has 0 aliphatic carbocycles. The van der Waals surface area contributed by atoms with Gasteiger partial charge in [-0.1, -0.05) is 0 Å². The lowest BCUT2D eigenvalue weighted by molar-refractivity contribution is 0.0526. The first-order valence-electron chi connectivity index (χ1n) is 15.0. The van der Waals surface area contributed by atoms with Gasteiger partial charge in [0, 0.05) is 43.7 Å². The monoisotopic (exact) mass is 571 g/mol. The van der Waals surface area contributed by atoms with Crippen molar-refractivity contribution in [2.45, 2.75) is 64.5 Å². The molecule has 1 aromatic heterocycles. The van der Waals surface area contributed by atoms with Crippen LogP contribution in [0, 0.1) is 0 Å². The fourth-order valence-electron chi connectivity index (χ4n) is 5.15. The number of anilines is 2. The highest BCUT2D eigenvalue weighted by atomic mass is 16.6. The van der Waals surface area contributed by atoms with E-state index in [2.05, 4.69) is 39.4 Å². The highest BCUT2D eigenvalue weighted by Gasteiger charge is 2.22. The number of piperidine rings is 1. The number of benzene rings is 1. The standard InChI is InChI=1S/C30H49N7O4/c1-30(2,3)41-29(38)31-12-7-8-19-40-26-21-24-23(20-25(26)39-6)27(32-22-10-15-36(5)16-11-22)34-28(33-24)37-14-9-13-35(4)17-18-37/h20-22H,7-19H2,1-6H3,(H,31,38)(H,32,33,34). The van der Waals surface area contributed by atoms with Crippen LogP contribution in [0.4, 0.5) is 16.6 Å². The third-order valence-corrected chi connectivity index (χ3v) is 7.53. The van der Waals surface area contributed by atoms with Gasteiger partial charge in [-0.25, -0.2) is 9.78 Å². The summed E-state index contributed by atoms with van der Waals surface area (Å²) in [6.45, 7) is 12.6. The molecular weight excluding hydrogens is 522 g/mol. The molecule has 2 N–H and O–H groups in total. The van der Waals surface area contributed by atoms with Crippen molar-refractivity contribution in [2.75, 3.05) is 83.8 Å². The van der Waals surface area contributed by atoms with E-state index in [4.69, 9.17) is 24.2 Å². The van der Waals surface area contributed by atoms with Gasteiger partial charge in [0.2, 0.25) is 5.95 Å². The fraction of sp³-hybridized carbons (Fsp3) is 0.700. The van der Waals surface area contributed by atoms with Crippen LogP contribution in [0.15, 0.2) is 12.1 Å². The molecule has 11 heteroatoms. The van der Waals surface area contributed by atoms with E-state index in [-0.39, 0.29) is 0 Å². The van der Waals surface area contributed by atoms with Gasteiger partial charge in [-0.3, -0.25) is 0 Å². The van der Waals surface area contributed by atoms with Crippen LogP contribution in [0.3, 0.4) is 0 Å². The third-order valence-electron chi connectivity index (χ3n) is 7.53. The molecule has 2 aliphatic rings. The van der Waals surface area contributed by atoms with Gasteiger partial charge in [-0.15, -0.1) is 0 Å². The van der Waals surface area contributed by atoms with Crippen LogP contribution in [0.2, 0.25) is 0 Å². The molecule has 1 aromatic carbocycles. The molecule has 1 amide bonds. The number of hydrogen-bond donors (Lipinski definition) is 2. The van der Waals surface area contributed by atoms with Gasteiger partial charge in [-0.05, 0) is 92.7 Å². The number of likely N-dealkylation sites (tertiary alicyclic amines) is 1. The number of alkyl carbamates (subject to hydrolysis) is 1. The summed E-state index contributed by atoms with van der Waals surface area (Å²) in [5.74, 6) is 2.93. The Morgan fingerprint density at radius 3 is 2.46 bits per heavy atom. The van der Waals surface area contributed by atoms with E-state index in [0.717, 1.165) is 94.0 Å². The van der Waals surface area contributed by atoms with Gasteiger partial charge >= 0.3 is 6.09 Å². The smallest absolute Gasteiger partial charge is 0.407 e.